The van der Waals surface area contributed by atoms with Gasteiger partial charge >= 0.3 is 0 Å². The fraction of sp³-hybridized carbons (Fsp3) is 0.647. The van der Waals surface area contributed by atoms with E-state index in [2.05, 4.69) is 55.4 Å². The van der Waals surface area contributed by atoms with Crippen LogP contribution in [-0.4, -0.2) is 0 Å². The lowest BCUT2D eigenvalue weighted by Gasteiger charge is -2.12. The van der Waals surface area contributed by atoms with Gasteiger partial charge in [-0.3, -0.25) is 0 Å². The van der Waals surface area contributed by atoms with Crippen molar-refractivity contribution >= 4 is 0 Å². The summed E-state index contributed by atoms with van der Waals surface area (Å²) in [4.78, 5) is 0. The predicted octanol–water partition coefficient (Wildman–Crippen LogP) is 6.18. The monoisotopic (exact) mass is 236 g/mol. The molecule has 0 radical (unpaired) electrons. The highest BCUT2D eigenvalue weighted by Gasteiger charge is 2.03. The van der Waals surface area contributed by atoms with Crippen LogP contribution in [0.1, 0.15) is 61.8 Å². The lowest BCUT2D eigenvalue weighted by Crippen LogP contribution is -2.00. The van der Waals surface area contributed by atoms with E-state index in [1.54, 1.807) is 0 Å². The van der Waals surface area contributed by atoms with Gasteiger partial charge in [0.25, 0.3) is 0 Å². The summed E-state index contributed by atoms with van der Waals surface area (Å²) in [6.45, 7) is 17.7. The third-order valence-corrected chi connectivity index (χ3v) is 1.73. The van der Waals surface area contributed by atoms with Crippen molar-refractivity contribution in [1.82, 2.24) is 0 Å². The van der Waals surface area contributed by atoms with Crippen molar-refractivity contribution in [3.63, 3.8) is 0 Å². The van der Waals surface area contributed by atoms with Crippen LogP contribution in [0.3, 0.4) is 0 Å². The highest BCUT2D eigenvalue weighted by molar-refractivity contribution is 4.99. The van der Waals surface area contributed by atoms with Crippen molar-refractivity contribution in [2.24, 2.45) is 10.8 Å². The van der Waals surface area contributed by atoms with Crippen LogP contribution in [0.5, 0.6) is 0 Å². The Hall–Kier alpha value is -0.780. The molecule has 100 valence electrons. The molecule has 1 rings (SSSR count). The maximum Gasteiger partial charge on any atom is -0.0385 e. The fourth-order valence-electron chi connectivity index (χ4n) is 0.385. The van der Waals surface area contributed by atoms with Crippen molar-refractivity contribution in [2.45, 2.75) is 61.8 Å². The minimum absolute atomic E-state index is 0.500. The summed E-state index contributed by atoms with van der Waals surface area (Å²) >= 11 is 0. The third kappa shape index (κ3) is 39.4. The van der Waals surface area contributed by atoms with Crippen molar-refractivity contribution in [3.8, 4) is 0 Å². The molecule has 0 N–H and O–H groups in total. The van der Waals surface area contributed by atoms with E-state index >= 15 is 0 Å². The smallest absolute Gasteiger partial charge is 0.0385 e. The summed E-state index contributed by atoms with van der Waals surface area (Å²) < 4.78 is 0. The second kappa shape index (κ2) is 9.27. The Morgan fingerprint density at radius 2 is 0.706 bits per heavy atom. The molecule has 0 amide bonds. The second-order valence-electron chi connectivity index (χ2n) is 7.07. The van der Waals surface area contributed by atoms with Crippen LogP contribution in [0.4, 0.5) is 0 Å². The molecular formula is C17H32. The molecule has 0 aromatic heterocycles. The zero-order valence-corrected chi connectivity index (χ0v) is 13.2. The van der Waals surface area contributed by atoms with Gasteiger partial charge in [-0.15, -0.1) is 0 Å². The molecule has 0 spiro atoms. The fourth-order valence-corrected chi connectivity index (χ4v) is 0.385. The molecule has 0 atom stereocenters. The molecule has 1 aromatic carbocycles. The average molecular weight is 236 g/mol. The average Bonchev–Trinajstić information content (AvgIpc) is 2.18. The Balaban J connectivity index is 0. The van der Waals surface area contributed by atoms with E-state index in [4.69, 9.17) is 0 Å². The molecule has 0 aliphatic heterocycles. The number of benzene rings is 1. The van der Waals surface area contributed by atoms with Gasteiger partial charge < -0.3 is 0 Å². The molecule has 0 nitrogen and oxygen atoms in total. The van der Waals surface area contributed by atoms with Crippen molar-refractivity contribution in [2.75, 3.05) is 0 Å². The van der Waals surface area contributed by atoms with Crippen LogP contribution in [0, 0.1) is 10.8 Å². The topological polar surface area (TPSA) is 0 Å². The second-order valence-corrected chi connectivity index (χ2v) is 7.07. The lowest BCUT2D eigenvalue weighted by atomic mass is 9.94. The SMILES string of the molecule is CC(C)(C)C.CCC(C)(C)C.c1ccccc1. The van der Waals surface area contributed by atoms with E-state index in [9.17, 15) is 0 Å². The first-order valence-corrected chi connectivity index (χ1v) is 6.56. The molecule has 0 unspecified atom stereocenters. The standard InChI is InChI=1S/C6H6.C6H14.C5H12/c1-2-4-6-5-3-1;1-5-6(2,3)4;1-5(2,3)4/h1-6H;5H2,1-4H3;1-4H3. The largest absolute Gasteiger partial charge is 0.0649 e. The number of rotatable bonds is 0. The van der Waals surface area contributed by atoms with Crippen LogP contribution in [-0.2, 0) is 0 Å². The first-order chi connectivity index (χ1) is 7.56. The van der Waals surface area contributed by atoms with Crippen LogP contribution >= 0.6 is 0 Å². The third-order valence-electron chi connectivity index (χ3n) is 1.73. The van der Waals surface area contributed by atoms with Gasteiger partial charge in [-0.25, -0.2) is 0 Å². The zero-order valence-electron chi connectivity index (χ0n) is 13.2. The molecule has 1 aromatic rings. The summed E-state index contributed by atoms with van der Waals surface area (Å²) in [6.07, 6.45) is 1.27. The van der Waals surface area contributed by atoms with E-state index < -0.39 is 0 Å². The van der Waals surface area contributed by atoms with Crippen LogP contribution in [0.25, 0.3) is 0 Å². The van der Waals surface area contributed by atoms with Gasteiger partial charge in [0.2, 0.25) is 0 Å². The summed E-state index contributed by atoms with van der Waals surface area (Å²) in [6, 6.07) is 12.0. The Morgan fingerprint density at radius 3 is 0.765 bits per heavy atom. The maximum absolute atomic E-state index is 2.24. The first kappa shape index (κ1) is 18.6. The van der Waals surface area contributed by atoms with E-state index in [1.165, 1.54) is 6.42 Å². The Morgan fingerprint density at radius 1 is 0.588 bits per heavy atom. The van der Waals surface area contributed by atoms with Crippen molar-refractivity contribution in [3.05, 3.63) is 36.4 Å². The summed E-state index contributed by atoms with van der Waals surface area (Å²) in [5, 5.41) is 0. The van der Waals surface area contributed by atoms with E-state index in [-0.39, 0.29) is 0 Å². The Kier molecular flexibility index (Phi) is 10.1. The first-order valence-electron chi connectivity index (χ1n) is 6.56. The molecule has 0 fully saturated rings. The van der Waals surface area contributed by atoms with Gasteiger partial charge in [-0.2, -0.15) is 0 Å². The summed E-state index contributed by atoms with van der Waals surface area (Å²) in [5.41, 5.74) is 1.04. The molecule has 0 aliphatic rings. The molecule has 0 saturated heterocycles. The van der Waals surface area contributed by atoms with E-state index in [0.717, 1.165) is 0 Å². The molecule has 0 aliphatic carbocycles. The Bertz CT molecular complexity index is 200. The highest BCUT2D eigenvalue weighted by Crippen LogP contribution is 2.16. The van der Waals surface area contributed by atoms with Gasteiger partial charge in [0.15, 0.2) is 0 Å². The lowest BCUT2D eigenvalue weighted by molar-refractivity contribution is 0.398. The molecule has 17 heavy (non-hydrogen) atoms. The van der Waals surface area contributed by atoms with Crippen LogP contribution in [0.2, 0.25) is 0 Å². The van der Waals surface area contributed by atoms with Crippen molar-refractivity contribution in [1.29, 1.82) is 0 Å². The molecule has 0 saturated carbocycles. The van der Waals surface area contributed by atoms with Crippen LogP contribution < -0.4 is 0 Å². The maximum atomic E-state index is 2.24. The van der Waals surface area contributed by atoms with Gasteiger partial charge in [-0.1, -0.05) is 98.2 Å². The van der Waals surface area contributed by atoms with Gasteiger partial charge in [0.05, 0.1) is 0 Å². The Labute approximate surface area is 109 Å². The molecular weight excluding hydrogens is 204 g/mol. The highest BCUT2D eigenvalue weighted by atomic mass is 14.1. The normalized spacial score (nSPS) is 10.6. The number of hydrogen-bond donors (Lipinski definition) is 0. The van der Waals surface area contributed by atoms with E-state index in [0.29, 0.717) is 10.8 Å². The quantitative estimate of drug-likeness (QED) is 0.504. The summed E-state index contributed by atoms with van der Waals surface area (Å²) in [7, 11) is 0. The summed E-state index contributed by atoms with van der Waals surface area (Å²) in [5.74, 6) is 0. The van der Waals surface area contributed by atoms with Crippen LogP contribution in [0.15, 0.2) is 36.4 Å². The van der Waals surface area contributed by atoms with Gasteiger partial charge in [0, 0.05) is 0 Å². The molecule has 0 bridgehead atoms. The minimum atomic E-state index is 0.500. The predicted molar refractivity (Wildman–Crippen MR) is 81.3 cm³/mol. The minimum Gasteiger partial charge on any atom is -0.0649 e. The van der Waals surface area contributed by atoms with Gasteiger partial charge in [-0.05, 0) is 10.8 Å². The zero-order chi connectivity index (χ0) is 13.9. The molecule has 0 heterocycles. The van der Waals surface area contributed by atoms with E-state index in [1.807, 2.05) is 36.4 Å². The molecule has 0 heteroatoms. The van der Waals surface area contributed by atoms with Crippen molar-refractivity contribution < 1.29 is 0 Å². The number of hydrogen-bond acceptors (Lipinski definition) is 0. The van der Waals surface area contributed by atoms with Gasteiger partial charge in [0.1, 0.15) is 0 Å².